The Kier molecular flexibility index (Phi) is 11.1. The third-order valence-corrected chi connectivity index (χ3v) is 6.16. The van der Waals surface area contributed by atoms with Crippen molar-refractivity contribution in [2.45, 2.75) is 45.4 Å². The normalized spacial score (nSPS) is 11.4. The monoisotopic (exact) mass is 623 g/mol. The molecule has 1 atom stereocenters. The summed E-state index contributed by atoms with van der Waals surface area (Å²) in [6, 6.07) is 20.6. The number of hydrogen-bond donors (Lipinski definition) is 1. The molecule has 2 aromatic carbocycles. The first kappa shape index (κ1) is 27.5. The van der Waals surface area contributed by atoms with Crippen LogP contribution >= 0.6 is 24.8 Å². The van der Waals surface area contributed by atoms with Crippen LogP contribution in [0.4, 0.5) is 0 Å². The van der Waals surface area contributed by atoms with E-state index in [1.807, 2.05) is 24.3 Å². The van der Waals surface area contributed by atoms with Gasteiger partial charge in [-0.1, -0.05) is 0 Å². The van der Waals surface area contributed by atoms with E-state index in [9.17, 15) is 4.79 Å². The summed E-state index contributed by atoms with van der Waals surface area (Å²) in [5.41, 5.74) is 6.60. The zero-order valence-electron chi connectivity index (χ0n) is 18.3. The van der Waals surface area contributed by atoms with Crippen LogP contribution in [0, 0.1) is 0 Å². The molecular formula is C25H29Cl2HfN2O. The van der Waals surface area contributed by atoms with Gasteiger partial charge in [-0.25, -0.2) is 0 Å². The van der Waals surface area contributed by atoms with Gasteiger partial charge in [0.1, 0.15) is 0 Å². The van der Waals surface area contributed by atoms with Crippen LogP contribution in [0.2, 0.25) is 0 Å². The number of nitrogens with one attached hydrogen (secondary N) is 1. The fraction of sp³-hybridized carbons (Fsp3) is 0.280. The average Bonchev–Trinajstić information content (AvgIpc) is 2.74. The molecule has 163 valence electrons. The number of carbonyl (C=O) groups excluding carboxylic acids is 1. The molecule has 3 rings (SSSR count). The van der Waals surface area contributed by atoms with Crippen molar-refractivity contribution in [2.75, 3.05) is 0 Å². The van der Waals surface area contributed by atoms with Gasteiger partial charge < -0.3 is 0 Å². The molecule has 3 nitrogen and oxygen atoms in total. The van der Waals surface area contributed by atoms with Gasteiger partial charge in [0.2, 0.25) is 0 Å². The summed E-state index contributed by atoms with van der Waals surface area (Å²) < 4.78 is 3.04. The van der Waals surface area contributed by atoms with Gasteiger partial charge >= 0.3 is 189 Å². The van der Waals surface area contributed by atoms with E-state index >= 15 is 0 Å². The smallest absolute Gasteiger partial charge is 0.147 e. The topological polar surface area (TPSA) is 42.0 Å². The number of halogens is 2. The summed E-state index contributed by atoms with van der Waals surface area (Å²) in [5, 5.41) is 0. The first-order valence-electron chi connectivity index (χ1n) is 10.0. The van der Waals surface area contributed by atoms with E-state index < -0.39 is 0 Å². The fourth-order valence-corrected chi connectivity index (χ4v) is 4.39. The first-order chi connectivity index (χ1) is 13.9. The number of carbonyl (C=O) groups is 1. The standard InChI is InChI=1S/C25H28N2O.2ClH.Hf/c1-16(2)20-11-8-12-21(17(3)4)24(20)23(25(26)28)19-10-7-9-18(15-19)22-13-5-6-14-27-22;;;/h5-17,23H,1-4H3,(H2,26,28);2*1H;/q;;;+1/p-1. The molecule has 0 aliphatic rings. The molecule has 0 aliphatic carbocycles. The van der Waals surface area contributed by atoms with Crippen molar-refractivity contribution in [3.63, 3.8) is 0 Å². The van der Waals surface area contributed by atoms with Crippen molar-refractivity contribution >= 4 is 30.7 Å². The molecule has 0 fully saturated rings. The van der Waals surface area contributed by atoms with Crippen molar-refractivity contribution in [2.24, 2.45) is 0 Å². The molecule has 1 aromatic heterocycles. The number of rotatable bonds is 6. The van der Waals surface area contributed by atoms with E-state index in [2.05, 4.69) is 72.4 Å². The Balaban J connectivity index is 0.00000240. The quantitative estimate of drug-likeness (QED) is 0.317. The van der Waals surface area contributed by atoms with Gasteiger partial charge in [0.05, 0.1) is 0 Å². The number of benzene rings is 2. The number of amides is 1. The van der Waals surface area contributed by atoms with E-state index in [4.69, 9.17) is 0 Å². The molecule has 1 unspecified atom stereocenters. The zero-order valence-corrected chi connectivity index (χ0v) is 23.5. The van der Waals surface area contributed by atoms with E-state index in [1.54, 1.807) is 6.20 Å². The molecule has 1 N–H and O–H groups in total. The van der Waals surface area contributed by atoms with E-state index in [1.165, 1.54) is 11.1 Å². The minimum absolute atomic E-state index is 0. The molecule has 6 heteroatoms. The summed E-state index contributed by atoms with van der Waals surface area (Å²) in [5.74, 6) is 0.427. The predicted molar refractivity (Wildman–Crippen MR) is 129 cm³/mol. The molecule has 0 spiro atoms. The molecule has 3 aromatic rings. The van der Waals surface area contributed by atoms with Gasteiger partial charge in [-0.2, -0.15) is 0 Å². The molecule has 0 saturated heterocycles. The second-order valence-electron chi connectivity index (χ2n) is 7.92. The maximum absolute atomic E-state index is 13.2. The summed E-state index contributed by atoms with van der Waals surface area (Å²) >= 11 is 0.623. The summed E-state index contributed by atoms with van der Waals surface area (Å²) in [7, 11) is 0. The summed E-state index contributed by atoms with van der Waals surface area (Å²) in [6.45, 7) is 8.79. The van der Waals surface area contributed by atoms with E-state index in [0.717, 1.165) is 22.4 Å². The molecular weight excluding hydrogens is 594 g/mol. The summed E-state index contributed by atoms with van der Waals surface area (Å²) in [6.07, 6.45) is 1.80. The zero-order chi connectivity index (χ0) is 21.0. The second-order valence-corrected chi connectivity index (χ2v) is 8.82. The molecule has 1 amide bonds. The van der Waals surface area contributed by atoms with Crippen molar-refractivity contribution in [1.29, 1.82) is 0 Å². The maximum atomic E-state index is 13.2. The van der Waals surface area contributed by atoms with Gasteiger partial charge in [0.25, 0.3) is 0 Å². The van der Waals surface area contributed by atoms with Crippen LogP contribution in [-0.4, -0.2) is 10.9 Å². The van der Waals surface area contributed by atoms with Crippen molar-refractivity contribution in [1.82, 2.24) is 8.29 Å². The Morgan fingerprint density at radius 3 is 2.00 bits per heavy atom. The Bertz CT molecular complexity index is 968. The Morgan fingerprint density at radius 2 is 1.48 bits per heavy atom. The minimum atomic E-state index is -0.327. The average molecular weight is 623 g/mol. The van der Waals surface area contributed by atoms with Gasteiger partial charge in [-0.05, 0) is 0 Å². The molecule has 0 saturated carbocycles. The SMILES string of the molecule is CC(C)c1cccc(C(C)C)c1C(C(=O)[NH][Hf])c1cccc(-c2ccccn2)c1.Cl.Cl. The van der Waals surface area contributed by atoms with Crippen LogP contribution in [0.3, 0.4) is 0 Å². The molecule has 0 radical (unpaired) electrons. The number of hydrogen-bond acceptors (Lipinski definition) is 2. The van der Waals surface area contributed by atoms with Crippen LogP contribution in [-0.2, 0) is 29.5 Å². The minimum Gasteiger partial charge on any atom is -0.147 e. The predicted octanol–water partition coefficient (Wildman–Crippen LogP) is 6.55. The van der Waals surface area contributed by atoms with Crippen molar-refractivity contribution in [3.8, 4) is 11.3 Å². The second kappa shape index (κ2) is 12.5. The van der Waals surface area contributed by atoms with E-state index in [0.29, 0.717) is 36.5 Å². The van der Waals surface area contributed by atoms with Crippen LogP contribution < -0.4 is 3.30 Å². The van der Waals surface area contributed by atoms with Crippen LogP contribution in [0.25, 0.3) is 11.3 Å². The summed E-state index contributed by atoms with van der Waals surface area (Å²) in [4.78, 5) is 17.7. The Hall–Kier alpha value is -1.49. The fourth-order valence-electron chi connectivity index (χ4n) is 3.87. The molecule has 1 heterocycles. The third-order valence-electron chi connectivity index (χ3n) is 5.27. The van der Waals surface area contributed by atoms with Gasteiger partial charge in [0.15, 0.2) is 0 Å². The van der Waals surface area contributed by atoms with E-state index in [-0.39, 0.29) is 36.6 Å². The number of nitrogens with zero attached hydrogens (tertiary/aromatic N) is 1. The van der Waals surface area contributed by atoms with Crippen molar-refractivity contribution < 1.29 is 29.5 Å². The van der Waals surface area contributed by atoms with Crippen LogP contribution in [0.15, 0.2) is 66.9 Å². The number of aromatic nitrogens is 1. The third kappa shape index (κ3) is 6.27. The largest absolute Gasteiger partial charge is 0.147 e. The molecule has 31 heavy (non-hydrogen) atoms. The van der Waals surface area contributed by atoms with Gasteiger partial charge in [-0.15, -0.1) is 24.8 Å². The number of pyridine rings is 1. The van der Waals surface area contributed by atoms with Crippen molar-refractivity contribution in [3.05, 3.63) is 89.1 Å². The van der Waals surface area contributed by atoms with Gasteiger partial charge in [-0.3, -0.25) is 0 Å². The van der Waals surface area contributed by atoms with Gasteiger partial charge in [0, 0.05) is 0 Å². The Morgan fingerprint density at radius 1 is 0.871 bits per heavy atom. The Labute approximate surface area is 213 Å². The maximum Gasteiger partial charge on any atom is -0.147 e. The first-order valence-corrected chi connectivity index (χ1v) is 11.8. The molecule has 0 aliphatic heterocycles. The van der Waals surface area contributed by atoms with Crippen LogP contribution in [0.1, 0.15) is 67.7 Å². The van der Waals surface area contributed by atoms with Crippen LogP contribution in [0.5, 0.6) is 0 Å². The molecule has 0 bridgehead atoms.